The van der Waals surface area contributed by atoms with E-state index < -0.39 is 17.9 Å². The van der Waals surface area contributed by atoms with E-state index >= 15 is 0 Å². The second kappa shape index (κ2) is 7.16. The molecule has 3 amide bonds. The molecule has 128 valence electrons. The maximum atomic E-state index is 12.4. The minimum atomic E-state index is -0.713. The molecule has 24 heavy (non-hydrogen) atoms. The number of aryl methyl sites for hydroxylation is 1. The van der Waals surface area contributed by atoms with Crippen LogP contribution >= 0.6 is 0 Å². The summed E-state index contributed by atoms with van der Waals surface area (Å²) in [5.74, 6) is -1.29. The lowest BCUT2D eigenvalue weighted by Crippen LogP contribution is -2.54. The van der Waals surface area contributed by atoms with E-state index in [0.29, 0.717) is 5.56 Å². The normalized spacial score (nSPS) is 12.0. The van der Waals surface area contributed by atoms with Gasteiger partial charge in [0.05, 0.1) is 5.56 Å². The fourth-order valence-electron chi connectivity index (χ4n) is 2.54. The molecule has 0 saturated carbocycles. The lowest BCUT2D eigenvalue weighted by Gasteiger charge is -2.20. The van der Waals surface area contributed by atoms with Crippen LogP contribution in [0.4, 0.5) is 0 Å². The van der Waals surface area contributed by atoms with Gasteiger partial charge in [-0.05, 0) is 12.0 Å². The number of nitrogens with one attached hydrogen (secondary N) is 3. The van der Waals surface area contributed by atoms with Crippen molar-refractivity contribution >= 4 is 28.6 Å². The summed E-state index contributed by atoms with van der Waals surface area (Å²) in [6, 6.07) is 6.79. The quantitative estimate of drug-likeness (QED) is 0.733. The lowest BCUT2D eigenvalue weighted by atomic mass is 10.0. The third-order valence-electron chi connectivity index (χ3n) is 3.75. The molecule has 1 aromatic carbocycles. The minimum Gasteiger partial charge on any atom is -0.350 e. The molecule has 0 unspecified atom stereocenters. The van der Waals surface area contributed by atoms with Gasteiger partial charge >= 0.3 is 0 Å². The lowest BCUT2D eigenvalue weighted by molar-refractivity contribution is -0.129. The van der Waals surface area contributed by atoms with Gasteiger partial charge in [0.15, 0.2) is 0 Å². The van der Waals surface area contributed by atoms with Crippen LogP contribution in [0.1, 0.15) is 31.1 Å². The first-order valence-corrected chi connectivity index (χ1v) is 7.72. The first-order chi connectivity index (χ1) is 11.3. The van der Waals surface area contributed by atoms with Gasteiger partial charge in [0.2, 0.25) is 5.91 Å². The van der Waals surface area contributed by atoms with Gasteiger partial charge in [0.25, 0.3) is 11.8 Å². The van der Waals surface area contributed by atoms with Crippen molar-refractivity contribution in [2.75, 3.05) is 0 Å². The molecule has 0 aliphatic carbocycles. The zero-order chi connectivity index (χ0) is 17.9. The second-order valence-corrected chi connectivity index (χ2v) is 6.04. The minimum absolute atomic E-state index is 0.108. The summed E-state index contributed by atoms with van der Waals surface area (Å²) >= 11 is 0. The number of para-hydroxylation sites is 1. The largest absolute Gasteiger partial charge is 0.350 e. The smallest absolute Gasteiger partial charge is 0.271 e. The third kappa shape index (κ3) is 3.73. The van der Waals surface area contributed by atoms with Gasteiger partial charge in [-0.25, -0.2) is 0 Å². The molecule has 1 atom stereocenters. The number of fused-ring (bicyclic) bond motifs is 1. The average molecular weight is 330 g/mol. The Labute approximate surface area is 140 Å². The van der Waals surface area contributed by atoms with Gasteiger partial charge in [-0.2, -0.15) is 0 Å². The molecular formula is C17H22N4O3. The molecule has 2 rings (SSSR count). The van der Waals surface area contributed by atoms with Crippen LogP contribution in [0, 0.1) is 5.92 Å². The first-order valence-electron chi connectivity index (χ1n) is 7.72. The summed E-state index contributed by atoms with van der Waals surface area (Å²) in [4.78, 5) is 35.7. The predicted molar refractivity (Wildman–Crippen MR) is 91.0 cm³/mol. The number of hydrazine groups is 1. The van der Waals surface area contributed by atoms with Gasteiger partial charge < -0.3 is 9.88 Å². The molecule has 0 saturated heterocycles. The van der Waals surface area contributed by atoms with Gasteiger partial charge in [0.1, 0.15) is 6.04 Å². The van der Waals surface area contributed by atoms with E-state index in [1.807, 2.05) is 49.7 Å². The maximum absolute atomic E-state index is 12.4. The Hall–Kier alpha value is -2.83. The van der Waals surface area contributed by atoms with Crippen LogP contribution in [-0.2, 0) is 16.6 Å². The van der Waals surface area contributed by atoms with Crippen molar-refractivity contribution in [2.45, 2.75) is 26.8 Å². The highest BCUT2D eigenvalue weighted by Crippen LogP contribution is 2.19. The zero-order valence-electron chi connectivity index (χ0n) is 14.2. The summed E-state index contributed by atoms with van der Waals surface area (Å²) in [7, 11) is 1.85. The number of carbonyl (C=O) groups is 3. The maximum Gasteiger partial charge on any atom is 0.271 e. The Morgan fingerprint density at radius 3 is 2.38 bits per heavy atom. The molecule has 2 aromatic rings. The molecule has 0 radical (unpaired) electrons. The average Bonchev–Trinajstić information content (AvgIpc) is 2.87. The molecule has 0 spiro atoms. The molecule has 0 aliphatic rings. The van der Waals surface area contributed by atoms with Crippen molar-refractivity contribution in [3.05, 3.63) is 36.0 Å². The predicted octanol–water partition coefficient (Wildman–Crippen LogP) is 1.10. The molecule has 7 nitrogen and oxygen atoms in total. The molecule has 0 bridgehead atoms. The number of benzene rings is 1. The highest BCUT2D eigenvalue weighted by atomic mass is 16.2. The van der Waals surface area contributed by atoms with E-state index in [0.717, 1.165) is 10.9 Å². The molecule has 7 heteroatoms. The van der Waals surface area contributed by atoms with Crippen molar-refractivity contribution in [3.63, 3.8) is 0 Å². The Bertz CT molecular complexity index is 779. The Morgan fingerprint density at radius 2 is 1.75 bits per heavy atom. The van der Waals surface area contributed by atoms with Crippen LogP contribution < -0.4 is 16.2 Å². The number of nitrogens with zero attached hydrogens (tertiary/aromatic N) is 1. The van der Waals surface area contributed by atoms with Crippen molar-refractivity contribution in [1.29, 1.82) is 0 Å². The Balaban J connectivity index is 2.09. The van der Waals surface area contributed by atoms with Crippen molar-refractivity contribution in [3.8, 4) is 0 Å². The van der Waals surface area contributed by atoms with E-state index in [-0.39, 0.29) is 11.8 Å². The van der Waals surface area contributed by atoms with Crippen LogP contribution in [0.15, 0.2) is 30.5 Å². The summed E-state index contributed by atoms with van der Waals surface area (Å²) in [6.45, 7) is 4.97. The molecule has 3 N–H and O–H groups in total. The number of rotatable bonds is 4. The van der Waals surface area contributed by atoms with Crippen LogP contribution in [0.25, 0.3) is 10.9 Å². The van der Waals surface area contributed by atoms with Gasteiger partial charge in [-0.3, -0.25) is 25.2 Å². The first kappa shape index (κ1) is 17.5. The number of hydrogen-bond donors (Lipinski definition) is 3. The van der Waals surface area contributed by atoms with E-state index in [1.54, 1.807) is 6.20 Å². The SMILES string of the molecule is CC(=O)N[C@@H](C(=O)NNC(=O)c1cn(C)c2ccccc12)C(C)C. The Morgan fingerprint density at radius 1 is 1.08 bits per heavy atom. The zero-order valence-corrected chi connectivity index (χ0v) is 14.2. The standard InChI is InChI=1S/C17H22N4O3/c1-10(2)15(18-11(3)22)17(24)20-19-16(23)13-9-21(4)14-8-6-5-7-12(13)14/h5-10,15H,1-4H3,(H,18,22)(H,19,23)(H,20,24)/t15-/m1/s1. The molecule has 0 fully saturated rings. The molecule has 1 aromatic heterocycles. The van der Waals surface area contributed by atoms with E-state index in [1.165, 1.54) is 6.92 Å². The summed E-state index contributed by atoms with van der Waals surface area (Å²) in [5, 5.41) is 3.37. The van der Waals surface area contributed by atoms with Crippen molar-refractivity contribution in [1.82, 2.24) is 20.7 Å². The second-order valence-electron chi connectivity index (χ2n) is 6.04. The van der Waals surface area contributed by atoms with E-state index in [2.05, 4.69) is 16.2 Å². The van der Waals surface area contributed by atoms with Crippen LogP contribution in [0.3, 0.4) is 0 Å². The molecule has 0 aliphatic heterocycles. The molecule has 1 heterocycles. The van der Waals surface area contributed by atoms with Crippen LogP contribution in [-0.4, -0.2) is 28.3 Å². The van der Waals surface area contributed by atoms with Gasteiger partial charge in [0, 0.05) is 31.1 Å². The van der Waals surface area contributed by atoms with E-state index in [9.17, 15) is 14.4 Å². The van der Waals surface area contributed by atoms with Crippen LogP contribution in [0.2, 0.25) is 0 Å². The Kier molecular flexibility index (Phi) is 5.23. The monoisotopic (exact) mass is 330 g/mol. The number of aromatic nitrogens is 1. The van der Waals surface area contributed by atoms with Gasteiger partial charge in [-0.1, -0.05) is 32.0 Å². The van der Waals surface area contributed by atoms with Crippen LogP contribution in [0.5, 0.6) is 0 Å². The van der Waals surface area contributed by atoms with Gasteiger partial charge in [-0.15, -0.1) is 0 Å². The molecular weight excluding hydrogens is 308 g/mol. The summed E-state index contributed by atoms with van der Waals surface area (Å²) in [5.41, 5.74) is 6.18. The highest BCUT2D eigenvalue weighted by molar-refractivity contribution is 6.07. The van der Waals surface area contributed by atoms with Crippen molar-refractivity contribution in [2.24, 2.45) is 13.0 Å². The fraction of sp³-hybridized carbons (Fsp3) is 0.353. The summed E-state index contributed by atoms with van der Waals surface area (Å²) < 4.78 is 1.85. The third-order valence-corrected chi connectivity index (χ3v) is 3.75. The van der Waals surface area contributed by atoms with Crippen molar-refractivity contribution < 1.29 is 14.4 Å². The number of hydrogen-bond acceptors (Lipinski definition) is 3. The number of amides is 3. The topological polar surface area (TPSA) is 92.2 Å². The summed E-state index contributed by atoms with van der Waals surface area (Å²) in [6.07, 6.45) is 1.71. The number of carbonyl (C=O) groups excluding carboxylic acids is 3. The van der Waals surface area contributed by atoms with E-state index in [4.69, 9.17) is 0 Å². The highest BCUT2D eigenvalue weighted by Gasteiger charge is 2.23. The fourth-order valence-corrected chi connectivity index (χ4v) is 2.54.